The van der Waals surface area contributed by atoms with E-state index in [1.54, 1.807) is 14.0 Å². The second-order valence-electron chi connectivity index (χ2n) is 6.78. The number of ether oxygens (including phenoxy) is 2. The number of rotatable bonds is 6. The molecule has 3 saturated heterocycles. The number of nitrogens with zero attached hydrogens (tertiary/aromatic N) is 1. The van der Waals surface area contributed by atoms with Gasteiger partial charge in [-0.2, -0.15) is 0 Å². The van der Waals surface area contributed by atoms with Crippen molar-refractivity contribution in [2.45, 2.75) is 57.2 Å². The minimum Gasteiger partial charge on any atom is -0.466 e. The Morgan fingerprint density at radius 2 is 2.22 bits per heavy atom. The molecule has 3 aliphatic heterocycles. The van der Waals surface area contributed by atoms with E-state index in [4.69, 9.17) is 9.47 Å². The summed E-state index contributed by atoms with van der Waals surface area (Å²) in [4.78, 5) is 27.5. The molecule has 3 heterocycles. The van der Waals surface area contributed by atoms with Gasteiger partial charge in [0.05, 0.1) is 24.7 Å². The van der Waals surface area contributed by atoms with Gasteiger partial charge in [0.15, 0.2) is 0 Å². The molecule has 0 aromatic carbocycles. The van der Waals surface area contributed by atoms with Gasteiger partial charge in [0, 0.05) is 31.5 Å². The molecule has 23 heavy (non-hydrogen) atoms. The first kappa shape index (κ1) is 16.7. The normalized spacial score (nSPS) is 41.7. The van der Waals surface area contributed by atoms with Gasteiger partial charge in [-0.25, -0.2) is 0 Å². The van der Waals surface area contributed by atoms with Gasteiger partial charge < -0.3 is 9.47 Å². The summed E-state index contributed by atoms with van der Waals surface area (Å²) < 4.78 is 10.9. The largest absolute Gasteiger partial charge is 0.466 e. The van der Waals surface area contributed by atoms with Crippen LogP contribution in [0.3, 0.4) is 0 Å². The van der Waals surface area contributed by atoms with E-state index in [1.165, 1.54) is 0 Å². The number of carbonyl (C=O) groups excluding carboxylic acids is 2. The van der Waals surface area contributed by atoms with Crippen molar-refractivity contribution in [2.75, 3.05) is 20.3 Å². The predicted molar refractivity (Wildman–Crippen MR) is 85.9 cm³/mol. The fourth-order valence-electron chi connectivity index (χ4n) is 5.04. The lowest BCUT2D eigenvalue weighted by Gasteiger charge is -2.45. The monoisotopic (exact) mass is 321 g/mol. The average Bonchev–Trinajstić information content (AvgIpc) is 2.98. The van der Waals surface area contributed by atoms with Gasteiger partial charge in [0.1, 0.15) is 5.78 Å². The molecule has 5 nitrogen and oxygen atoms in total. The van der Waals surface area contributed by atoms with Crippen molar-refractivity contribution in [3.8, 4) is 0 Å². The first-order valence-corrected chi connectivity index (χ1v) is 8.76. The van der Waals surface area contributed by atoms with E-state index in [2.05, 4.69) is 24.0 Å². The minimum absolute atomic E-state index is 0.0268. The van der Waals surface area contributed by atoms with Crippen molar-refractivity contribution in [1.82, 2.24) is 4.90 Å². The maximum atomic E-state index is 13.1. The number of Topliss-reactive ketones (excluding diaryl/α,β-unsaturated/α-hetero) is 1. The van der Waals surface area contributed by atoms with Crippen molar-refractivity contribution in [3.05, 3.63) is 12.2 Å². The first-order chi connectivity index (χ1) is 11.1. The molecule has 0 aromatic heterocycles. The van der Waals surface area contributed by atoms with Crippen LogP contribution in [0.1, 0.15) is 39.5 Å². The van der Waals surface area contributed by atoms with Crippen LogP contribution in [-0.4, -0.2) is 54.6 Å². The fourth-order valence-corrected chi connectivity index (χ4v) is 5.04. The van der Waals surface area contributed by atoms with Gasteiger partial charge in [0.25, 0.3) is 0 Å². The standard InChI is InChI=1S/C18H27NO4/c1-4-6-8-18-13-7-9-19(18)14(11-15(18)22-3)12(17(13)21)10-16(20)23-5-2/h6,8,12-15H,4-5,7,9-11H2,1-3H3/b8-6+/t12-,13-,14+,15+,18+/m1/s1. The Kier molecular flexibility index (Phi) is 4.61. The highest BCUT2D eigenvalue weighted by molar-refractivity contribution is 5.91. The van der Waals surface area contributed by atoms with Crippen LogP contribution in [0.4, 0.5) is 0 Å². The Morgan fingerprint density at radius 1 is 1.43 bits per heavy atom. The summed E-state index contributed by atoms with van der Waals surface area (Å²) in [5, 5.41) is 0. The van der Waals surface area contributed by atoms with E-state index >= 15 is 0 Å². The Labute approximate surface area is 138 Å². The molecule has 0 aromatic rings. The first-order valence-electron chi connectivity index (χ1n) is 8.76. The van der Waals surface area contributed by atoms with Gasteiger partial charge in [-0.05, 0) is 26.2 Å². The van der Waals surface area contributed by atoms with Crippen LogP contribution in [0.2, 0.25) is 0 Å². The summed E-state index contributed by atoms with van der Waals surface area (Å²) in [6.45, 7) is 5.17. The lowest BCUT2D eigenvalue weighted by molar-refractivity contribution is -0.150. The zero-order valence-corrected chi connectivity index (χ0v) is 14.3. The Hall–Kier alpha value is -1.20. The molecular weight excluding hydrogens is 294 g/mol. The number of methoxy groups -OCH3 is 1. The molecule has 6 atom stereocenters. The average molecular weight is 321 g/mol. The molecule has 0 radical (unpaired) electrons. The second kappa shape index (κ2) is 6.36. The highest BCUT2D eigenvalue weighted by Gasteiger charge is 2.68. The maximum Gasteiger partial charge on any atom is 0.306 e. The molecule has 0 N–H and O–H groups in total. The maximum absolute atomic E-state index is 13.1. The van der Waals surface area contributed by atoms with Crippen molar-refractivity contribution >= 4 is 11.8 Å². The van der Waals surface area contributed by atoms with Gasteiger partial charge in [-0.3, -0.25) is 14.5 Å². The summed E-state index contributed by atoms with van der Waals surface area (Å²) in [6, 6.07) is 0.0945. The van der Waals surface area contributed by atoms with E-state index in [9.17, 15) is 9.59 Å². The van der Waals surface area contributed by atoms with Crippen molar-refractivity contribution in [1.29, 1.82) is 0 Å². The number of carbonyl (C=O) groups is 2. The summed E-state index contributed by atoms with van der Waals surface area (Å²) in [6.07, 6.45) is 7.21. The Balaban J connectivity index is 1.92. The van der Waals surface area contributed by atoms with Crippen LogP contribution in [0, 0.1) is 11.8 Å². The molecule has 4 bridgehead atoms. The summed E-state index contributed by atoms with van der Waals surface area (Å²) >= 11 is 0. The third-order valence-corrected chi connectivity index (χ3v) is 5.86. The molecule has 3 fully saturated rings. The number of hydrogen-bond donors (Lipinski definition) is 0. The molecular formula is C18H27NO4. The van der Waals surface area contributed by atoms with Crippen LogP contribution in [0.25, 0.3) is 0 Å². The number of hydrogen-bond acceptors (Lipinski definition) is 5. The zero-order valence-electron chi connectivity index (χ0n) is 14.3. The van der Waals surface area contributed by atoms with Crippen molar-refractivity contribution in [3.63, 3.8) is 0 Å². The third-order valence-electron chi connectivity index (χ3n) is 5.86. The van der Waals surface area contributed by atoms with Crippen molar-refractivity contribution < 1.29 is 19.1 Å². The number of ketones is 1. The quantitative estimate of drug-likeness (QED) is 0.553. The molecule has 0 aliphatic carbocycles. The Morgan fingerprint density at radius 3 is 2.87 bits per heavy atom. The van der Waals surface area contributed by atoms with E-state index in [0.29, 0.717) is 6.61 Å². The van der Waals surface area contributed by atoms with Crippen LogP contribution in [0.5, 0.6) is 0 Å². The highest BCUT2D eigenvalue weighted by atomic mass is 16.5. The van der Waals surface area contributed by atoms with Crippen molar-refractivity contribution in [2.24, 2.45) is 11.8 Å². The smallest absolute Gasteiger partial charge is 0.306 e. The van der Waals surface area contributed by atoms with Crippen LogP contribution >= 0.6 is 0 Å². The van der Waals surface area contributed by atoms with E-state index in [-0.39, 0.29) is 47.7 Å². The lowest BCUT2D eigenvalue weighted by Crippen LogP contribution is -2.59. The van der Waals surface area contributed by atoms with Gasteiger partial charge in [-0.1, -0.05) is 19.1 Å². The van der Waals surface area contributed by atoms with Crippen LogP contribution in [-0.2, 0) is 19.1 Å². The Bertz CT molecular complexity index is 517. The van der Waals surface area contributed by atoms with E-state index in [0.717, 1.165) is 25.8 Å². The molecule has 1 unspecified atom stereocenters. The highest BCUT2D eigenvalue weighted by Crippen LogP contribution is 2.55. The minimum atomic E-state index is -0.294. The van der Waals surface area contributed by atoms with Gasteiger partial charge >= 0.3 is 5.97 Å². The lowest BCUT2D eigenvalue weighted by atomic mass is 9.73. The number of esters is 1. The molecule has 0 saturated carbocycles. The molecule has 5 heteroatoms. The molecule has 0 spiro atoms. The van der Waals surface area contributed by atoms with E-state index < -0.39 is 0 Å². The zero-order chi connectivity index (χ0) is 16.6. The SMILES string of the molecule is CC/C=C/[C@@]12[C@@H](OC)C[C@H]3[C@@H](CC(=O)OCC)C(=O)[C@H]1CCN32. The summed E-state index contributed by atoms with van der Waals surface area (Å²) in [5.74, 6) is -0.334. The molecule has 0 amide bonds. The fraction of sp³-hybridized carbons (Fsp3) is 0.778. The molecule has 128 valence electrons. The third kappa shape index (κ3) is 2.36. The van der Waals surface area contributed by atoms with Gasteiger partial charge in [-0.15, -0.1) is 0 Å². The summed E-state index contributed by atoms with van der Waals surface area (Å²) in [7, 11) is 1.73. The van der Waals surface area contributed by atoms with E-state index in [1.807, 2.05) is 0 Å². The molecule has 3 aliphatic rings. The van der Waals surface area contributed by atoms with Crippen LogP contribution in [0.15, 0.2) is 12.2 Å². The topological polar surface area (TPSA) is 55.8 Å². The number of allylic oxidation sites excluding steroid dienone is 1. The second-order valence-corrected chi connectivity index (χ2v) is 6.78. The van der Waals surface area contributed by atoms with Crippen LogP contribution < -0.4 is 0 Å². The number of piperidine rings is 1. The predicted octanol–water partition coefficient (Wildman–Crippen LogP) is 1.95. The van der Waals surface area contributed by atoms with Gasteiger partial charge in [0.2, 0.25) is 0 Å². The summed E-state index contributed by atoms with van der Waals surface area (Å²) in [5.41, 5.74) is -0.294. The molecule has 3 rings (SSSR count).